The molecule has 0 aliphatic rings. The van der Waals surface area contributed by atoms with Gasteiger partial charge in [0.15, 0.2) is 5.78 Å². The molecule has 0 heterocycles. The number of Topliss-reactive ketones (excluding diaryl/α,β-unsaturated/α-hetero) is 1. The highest BCUT2D eigenvalue weighted by atomic mass is 35.5. The van der Waals surface area contributed by atoms with Gasteiger partial charge in [0.05, 0.1) is 6.42 Å². The molecule has 0 saturated carbocycles. The summed E-state index contributed by atoms with van der Waals surface area (Å²) >= 11 is 5.99. The van der Waals surface area contributed by atoms with Crippen molar-refractivity contribution in [2.24, 2.45) is 5.92 Å². The highest BCUT2D eigenvalue weighted by Gasteiger charge is 2.29. The van der Waals surface area contributed by atoms with Crippen LogP contribution in [0.4, 0.5) is 9.18 Å². The van der Waals surface area contributed by atoms with Crippen molar-refractivity contribution in [3.05, 3.63) is 34.9 Å². The first kappa shape index (κ1) is 24.4. The molecule has 2 atom stereocenters. The fraction of sp³-hybridized carbons (Fsp3) is 0.474. The van der Waals surface area contributed by atoms with E-state index in [2.05, 4.69) is 10.6 Å². The Morgan fingerprint density at radius 1 is 1.14 bits per heavy atom. The van der Waals surface area contributed by atoms with Crippen LogP contribution in [0, 0.1) is 5.92 Å². The number of ether oxygens (including phenoxy) is 1. The molecule has 0 saturated heterocycles. The zero-order chi connectivity index (χ0) is 22.0. The van der Waals surface area contributed by atoms with Crippen molar-refractivity contribution in [2.45, 2.75) is 45.4 Å². The average Bonchev–Trinajstić information content (AvgIpc) is 2.64. The van der Waals surface area contributed by atoms with Gasteiger partial charge in [0.25, 0.3) is 0 Å². The van der Waals surface area contributed by atoms with Crippen LogP contribution in [-0.2, 0) is 25.7 Å². The summed E-state index contributed by atoms with van der Waals surface area (Å²) in [5.74, 6) is -3.26. The number of alkyl carbamates (subject to hydrolysis) is 1. The molecule has 1 aromatic rings. The number of carbonyl (C=O) groups is 4. The molecule has 1 rings (SSSR count). The van der Waals surface area contributed by atoms with Gasteiger partial charge >= 0.3 is 12.1 Å². The van der Waals surface area contributed by atoms with Gasteiger partial charge in [-0.3, -0.25) is 14.4 Å². The van der Waals surface area contributed by atoms with Gasteiger partial charge in [0, 0.05) is 10.6 Å². The molecule has 1 unspecified atom stereocenters. The van der Waals surface area contributed by atoms with E-state index in [1.54, 1.807) is 38.1 Å². The van der Waals surface area contributed by atoms with Crippen LogP contribution in [0.25, 0.3) is 0 Å². The number of hydrogen-bond acceptors (Lipinski definition) is 5. The summed E-state index contributed by atoms with van der Waals surface area (Å²) in [6, 6.07) is 4.13. The summed E-state index contributed by atoms with van der Waals surface area (Å²) in [6.45, 7) is 2.07. The van der Waals surface area contributed by atoms with Crippen molar-refractivity contribution < 1.29 is 33.4 Å². The number of carboxylic acids is 1. The standard InChI is InChI=1S/C19H24ClFN2O6/c1-11(2)7-15(18(27)22-14(8-17(25)26)16(24)9-21)23-19(28)29-10-12-5-3-4-6-13(12)20/h3-6,11,14-15H,7-10H2,1-2H3,(H,22,27)(H,23,28)(H,25,26)/t14?,15-/m0/s1. The lowest BCUT2D eigenvalue weighted by Crippen LogP contribution is -2.52. The third-order valence-corrected chi connectivity index (χ3v) is 4.22. The van der Waals surface area contributed by atoms with Crippen LogP contribution >= 0.6 is 11.6 Å². The molecule has 3 N–H and O–H groups in total. The lowest BCUT2D eigenvalue weighted by molar-refractivity contribution is -0.140. The van der Waals surface area contributed by atoms with E-state index in [9.17, 15) is 23.6 Å². The molecule has 10 heteroatoms. The van der Waals surface area contributed by atoms with Gasteiger partial charge in [0.1, 0.15) is 25.4 Å². The Kier molecular flexibility index (Phi) is 10.1. The molecule has 0 radical (unpaired) electrons. The molecule has 160 valence electrons. The smallest absolute Gasteiger partial charge is 0.408 e. The Balaban J connectivity index is 2.77. The number of halogens is 2. The SMILES string of the molecule is CC(C)C[C@H](NC(=O)OCc1ccccc1Cl)C(=O)NC(CC(=O)O)C(=O)CF. The number of hydrogen-bond donors (Lipinski definition) is 3. The third kappa shape index (κ3) is 8.91. The van der Waals surface area contributed by atoms with Gasteiger partial charge in [-0.15, -0.1) is 0 Å². The summed E-state index contributed by atoms with van der Waals surface area (Å²) in [6.07, 6.45) is -1.46. The Morgan fingerprint density at radius 3 is 2.34 bits per heavy atom. The minimum absolute atomic E-state index is 0.0237. The van der Waals surface area contributed by atoms with Crippen LogP contribution in [0.3, 0.4) is 0 Å². The summed E-state index contributed by atoms with van der Waals surface area (Å²) in [7, 11) is 0. The lowest BCUT2D eigenvalue weighted by atomic mass is 10.0. The quantitative estimate of drug-likeness (QED) is 0.495. The van der Waals surface area contributed by atoms with E-state index in [4.69, 9.17) is 21.4 Å². The molecule has 0 aromatic heterocycles. The van der Waals surface area contributed by atoms with Crippen LogP contribution in [0.15, 0.2) is 24.3 Å². The number of nitrogens with one attached hydrogen (secondary N) is 2. The van der Waals surface area contributed by atoms with Gasteiger partial charge < -0.3 is 20.5 Å². The zero-order valence-electron chi connectivity index (χ0n) is 16.1. The normalized spacial score (nSPS) is 12.7. The number of rotatable bonds is 11. The second-order valence-electron chi connectivity index (χ2n) is 6.75. The van der Waals surface area contributed by atoms with E-state index in [0.717, 1.165) is 0 Å². The number of carbonyl (C=O) groups excluding carboxylic acids is 3. The molecular weight excluding hydrogens is 407 g/mol. The van der Waals surface area contributed by atoms with E-state index in [1.165, 1.54) is 0 Å². The fourth-order valence-corrected chi connectivity index (χ4v) is 2.62. The molecule has 0 fully saturated rings. The van der Waals surface area contributed by atoms with Crippen molar-refractivity contribution in [1.82, 2.24) is 10.6 Å². The Morgan fingerprint density at radius 2 is 1.79 bits per heavy atom. The predicted molar refractivity (Wildman–Crippen MR) is 103 cm³/mol. The maximum absolute atomic E-state index is 12.7. The third-order valence-electron chi connectivity index (χ3n) is 3.85. The van der Waals surface area contributed by atoms with Gasteiger partial charge in [-0.2, -0.15) is 0 Å². The van der Waals surface area contributed by atoms with E-state index < -0.39 is 48.9 Å². The van der Waals surface area contributed by atoms with Crippen LogP contribution < -0.4 is 10.6 Å². The molecular formula is C19H24ClFN2O6. The largest absolute Gasteiger partial charge is 0.481 e. The van der Waals surface area contributed by atoms with Crippen molar-refractivity contribution >= 4 is 35.4 Å². The topological polar surface area (TPSA) is 122 Å². The fourth-order valence-electron chi connectivity index (χ4n) is 2.43. The van der Waals surface area contributed by atoms with E-state index in [1.807, 2.05) is 0 Å². The minimum Gasteiger partial charge on any atom is -0.481 e. The summed E-state index contributed by atoms with van der Waals surface area (Å²) in [4.78, 5) is 47.0. The number of aliphatic carboxylic acids is 1. The number of ketones is 1. The van der Waals surface area contributed by atoms with Crippen LogP contribution in [0.2, 0.25) is 5.02 Å². The molecule has 29 heavy (non-hydrogen) atoms. The number of alkyl halides is 1. The Labute approximate surface area is 172 Å². The molecule has 2 amide bonds. The second kappa shape index (κ2) is 12.0. The molecule has 0 aliphatic heterocycles. The maximum Gasteiger partial charge on any atom is 0.408 e. The van der Waals surface area contributed by atoms with Crippen LogP contribution in [-0.4, -0.2) is 47.6 Å². The molecule has 0 spiro atoms. The summed E-state index contributed by atoms with van der Waals surface area (Å²) in [5, 5.41) is 13.8. The summed E-state index contributed by atoms with van der Waals surface area (Å²) in [5.41, 5.74) is 0.573. The van der Waals surface area contributed by atoms with Crippen molar-refractivity contribution in [1.29, 1.82) is 0 Å². The minimum atomic E-state index is -1.53. The highest BCUT2D eigenvalue weighted by molar-refractivity contribution is 6.31. The Bertz CT molecular complexity index is 743. The monoisotopic (exact) mass is 430 g/mol. The molecule has 0 aliphatic carbocycles. The number of benzene rings is 1. The first-order valence-electron chi connectivity index (χ1n) is 8.91. The van der Waals surface area contributed by atoms with Gasteiger partial charge in [0.2, 0.25) is 5.91 Å². The molecule has 8 nitrogen and oxygen atoms in total. The molecule has 0 bridgehead atoms. The highest BCUT2D eigenvalue weighted by Crippen LogP contribution is 2.16. The Hall–Kier alpha value is -2.68. The van der Waals surface area contributed by atoms with E-state index in [0.29, 0.717) is 10.6 Å². The average molecular weight is 431 g/mol. The van der Waals surface area contributed by atoms with E-state index >= 15 is 0 Å². The van der Waals surface area contributed by atoms with Crippen molar-refractivity contribution in [2.75, 3.05) is 6.67 Å². The molecule has 1 aromatic carbocycles. The number of amides is 2. The second-order valence-corrected chi connectivity index (χ2v) is 7.16. The van der Waals surface area contributed by atoms with E-state index in [-0.39, 0.29) is 18.9 Å². The van der Waals surface area contributed by atoms with Gasteiger partial charge in [-0.25, -0.2) is 9.18 Å². The summed E-state index contributed by atoms with van der Waals surface area (Å²) < 4.78 is 17.7. The number of carboxylic acid groups (broad SMARTS) is 1. The lowest BCUT2D eigenvalue weighted by Gasteiger charge is -2.22. The first-order valence-corrected chi connectivity index (χ1v) is 9.29. The zero-order valence-corrected chi connectivity index (χ0v) is 16.9. The predicted octanol–water partition coefficient (Wildman–Crippen LogP) is 2.48. The van der Waals surface area contributed by atoms with Crippen LogP contribution in [0.5, 0.6) is 0 Å². The van der Waals surface area contributed by atoms with Crippen molar-refractivity contribution in [3.63, 3.8) is 0 Å². The first-order chi connectivity index (χ1) is 13.6. The van der Waals surface area contributed by atoms with Gasteiger partial charge in [-0.05, 0) is 18.4 Å². The van der Waals surface area contributed by atoms with Crippen LogP contribution in [0.1, 0.15) is 32.3 Å². The maximum atomic E-state index is 12.7. The van der Waals surface area contributed by atoms with Gasteiger partial charge in [-0.1, -0.05) is 43.6 Å². The van der Waals surface area contributed by atoms with Crippen molar-refractivity contribution in [3.8, 4) is 0 Å².